The Balaban J connectivity index is 3.05. The van der Waals surface area contributed by atoms with E-state index in [1.165, 1.54) is 11.0 Å². The van der Waals surface area contributed by atoms with Crippen molar-refractivity contribution in [3.8, 4) is 0 Å². The third-order valence-corrected chi connectivity index (χ3v) is 2.79. The van der Waals surface area contributed by atoms with Crippen LogP contribution < -0.4 is 5.73 Å². The smallest absolute Gasteiger partial charge is 0.255 e. The van der Waals surface area contributed by atoms with Gasteiger partial charge in [-0.05, 0) is 30.5 Å². The summed E-state index contributed by atoms with van der Waals surface area (Å²) in [6.07, 6.45) is 0. The van der Waals surface area contributed by atoms with Gasteiger partial charge in [-0.3, -0.25) is 9.59 Å². The average Bonchev–Trinajstić information content (AvgIpc) is 2.35. The number of nitrogens with zero attached hydrogens (tertiary/aromatic N) is 1. The molecule has 5 heteroatoms. The van der Waals surface area contributed by atoms with Gasteiger partial charge < -0.3 is 15.7 Å². The maximum absolute atomic E-state index is 12.2. The molecule has 1 aromatic carbocycles. The van der Waals surface area contributed by atoms with Gasteiger partial charge in [0, 0.05) is 17.7 Å². The van der Waals surface area contributed by atoms with Gasteiger partial charge in [0.2, 0.25) is 5.91 Å². The third-order valence-electron chi connectivity index (χ3n) is 2.79. The number of benzene rings is 1. The number of rotatable bonds is 5. The fourth-order valence-corrected chi connectivity index (χ4v) is 1.85. The van der Waals surface area contributed by atoms with E-state index in [0.717, 1.165) is 5.56 Å². The van der Waals surface area contributed by atoms with Crippen LogP contribution >= 0.6 is 0 Å². The molecule has 0 aliphatic rings. The van der Waals surface area contributed by atoms with Crippen molar-refractivity contribution >= 4 is 11.8 Å². The number of aryl methyl sites for hydroxylation is 1. The second kappa shape index (κ2) is 6.33. The van der Waals surface area contributed by atoms with E-state index in [9.17, 15) is 14.7 Å². The summed E-state index contributed by atoms with van der Waals surface area (Å²) in [6.45, 7) is 5.78. The Morgan fingerprint density at radius 1 is 1.37 bits per heavy atom. The Bertz CT molecular complexity index is 484. The SMILES string of the molecule is Cc1ccc(C(=O)N(CO)CC(C)C)cc1C(N)=O. The first-order valence-corrected chi connectivity index (χ1v) is 6.17. The van der Waals surface area contributed by atoms with Gasteiger partial charge >= 0.3 is 0 Å². The van der Waals surface area contributed by atoms with E-state index in [1.54, 1.807) is 19.1 Å². The summed E-state index contributed by atoms with van der Waals surface area (Å²) >= 11 is 0. The van der Waals surface area contributed by atoms with Crippen molar-refractivity contribution in [1.29, 1.82) is 0 Å². The highest BCUT2D eigenvalue weighted by atomic mass is 16.3. The number of nitrogens with two attached hydrogens (primary N) is 1. The molecule has 0 aliphatic heterocycles. The molecule has 0 heterocycles. The number of hydrogen-bond donors (Lipinski definition) is 2. The number of primary amides is 1. The molecule has 0 saturated carbocycles. The predicted molar refractivity (Wildman–Crippen MR) is 72.7 cm³/mol. The molecule has 0 aromatic heterocycles. The molecule has 0 saturated heterocycles. The maximum atomic E-state index is 12.2. The summed E-state index contributed by atoms with van der Waals surface area (Å²) in [5.41, 5.74) is 6.67. The molecule has 3 N–H and O–H groups in total. The minimum Gasteiger partial charge on any atom is -0.376 e. The first-order chi connectivity index (χ1) is 8.86. The van der Waals surface area contributed by atoms with Gasteiger partial charge in [-0.25, -0.2) is 0 Å². The summed E-state index contributed by atoms with van der Waals surface area (Å²) in [5, 5.41) is 9.25. The van der Waals surface area contributed by atoms with E-state index in [1.807, 2.05) is 13.8 Å². The molecule has 0 radical (unpaired) electrons. The molecular formula is C14H20N2O3. The largest absolute Gasteiger partial charge is 0.376 e. The molecule has 0 fully saturated rings. The van der Waals surface area contributed by atoms with Crippen LogP contribution in [0.2, 0.25) is 0 Å². The lowest BCUT2D eigenvalue weighted by atomic mass is 10.0. The Kier molecular flexibility index (Phi) is 5.06. The van der Waals surface area contributed by atoms with Gasteiger partial charge in [-0.1, -0.05) is 19.9 Å². The second-order valence-electron chi connectivity index (χ2n) is 4.96. The molecule has 5 nitrogen and oxygen atoms in total. The molecule has 2 amide bonds. The maximum Gasteiger partial charge on any atom is 0.255 e. The fourth-order valence-electron chi connectivity index (χ4n) is 1.85. The molecule has 104 valence electrons. The van der Waals surface area contributed by atoms with Gasteiger partial charge in [-0.2, -0.15) is 0 Å². The van der Waals surface area contributed by atoms with E-state index < -0.39 is 5.91 Å². The summed E-state index contributed by atoms with van der Waals surface area (Å²) in [6, 6.07) is 4.79. The number of aliphatic hydroxyl groups is 1. The topological polar surface area (TPSA) is 83.6 Å². The standard InChI is InChI=1S/C14H20N2O3/c1-9(2)7-16(8-17)14(19)11-5-4-10(3)12(6-11)13(15)18/h4-6,9,17H,7-8H2,1-3H3,(H2,15,18). The van der Waals surface area contributed by atoms with Crippen LogP contribution in [0.15, 0.2) is 18.2 Å². The zero-order valence-corrected chi connectivity index (χ0v) is 11.5. The van der Waals surface area contributed by atoms with Crippen molar-refractivity contribution in [2.45, 2.75) is 20.8 Å². The average molecular weight is 264 g/mol. The van der Waals surface area contributed by atoms with Crippen molar-refractivity contribution in [2.75, 3.05) is 13.3 Å². The van der Waals surface area contributed by atoms with Crippen LogP contribution in [0.3, 0.4) is 0 Å². The van der Waals surface area contributed by atoms with Crippen LogP contribution in [0.4, 0.5) is 0 Å². The van der Waals surface area contributed by atoms with Gasteiger partial charge in [0.15, 0.2) is 0 Å². The van der Waals surface area contributed by atoms with Crippen LogP contribution in [0.5, 0.6) is 0 Å². The molecule has 1 aromatic rings. The van der Waals surface area contributed by atoms with E-state index in [-0.39, 0.29) is 18.6 Å². The highest BCUT2D eigenvalue weighted by Crippen LogP contribution is 2.13. The monoisotopic (exact) mass is 264 g/mol. The fraction of sp³-hybridized carbons (Fsp3) is 0.429. The van der Waals surface area contributed by atoms with Crippen molar-refractivity contribution < 1.29 is 14.7 Å². The molecule has 0 bridgehead atoms. The number of carbonyl (C=O) groups is 2. The molecular weight excluding hydrogens is 244 g/mol. The van der Waals surface area contributed by atoms with Gasteiger partial charge in [0.05, 0.1) is 0 Å². The second-order valence-corrected chi connectivity index (χ2v) is 4.96. The molecule has 1 rings (SSSR count). The van der Waals surface area contributed by atoms with E-state index in [2.05, 4.69) is 0 Å². The molecule has 19 heavy (non-hydrogen) atoms. The van der Waals surface area contributed by atoms with E-state index in [4.69, 9.17) is 5.73 Å². The first-order valence-electron chi connectivity index (χ1n) is 6.17. The first kappa shape index (κ1) is 15.2. The van der Waals surface area contributed by atoms with Crippen LogP contribution in [-0.2, 0) is 0 Å². The minimum absolute atomic E-state index is 0.247. The Hall–Kier alpha value is -1.88. The van der Waals surface area contributed by atoms with E-state index in [0.29, 0.717) is 17.7 Å². The number of carbonyl (C=O) groups excluding carboxylic acids is 2. The highest BCUT2D eigenvalue weighted by molar-refractivity contribution is 5.99. The molecule has 0 spiro atoms. The molecule has 0 unspecified atom stereocenters. The molecule has 0 atom stereocenters. The summed E-state index contributed by atoms with van der Waals surface area (Å²) < 4.78 is 0. The minimum atomic E-state index is -0.563. The third kappa shape index (κ3) is 3.79. The number of amides is 2. The zero-order chi connectivity index (χ0) is 14.6. The summed E-state index contributed by atoms with van der Waals surface area (Å²) in [4.78, 5) is 24.8. The van der Waals surface area contributed by atoms with Crippen LogP contribution in [0.1, 0.15) is 40.1 Å². The lowest BCUT2D eigenvalue weighted by Crippen LogP contribution is -2.35. The highest BCUT2D eigenvalue weighted by Gasteiger charge is 2.17. The Morgan fingerprint density at radius 3 is 2.47 bits per heavy atom. The quantitative estimate of drug-likeness (QED) is 0.782. The Morgan fingerprint density at radius 2 is 2.00 bits per heavy atom. The van der Waals surface area contributed by atoms with Crippen molar-refractivity contribution in [3.63, 3.8) is 0 Å². The summed E-state index contributed by atoms with van der Waals surface area (Å²) in [5.74, 6) is -0.623. The van der Waals surface area contributed by atoms with Gasteiger partial charge in [-0.15, -0.1) is 0 Å². The van der Waals surface area contributed by atoms with Gasteiger partial charge in [0.1, 0.15) is 6.73 Å². The van der Waals surface area contributed by atoms with Crippen LogP contribution in [0, 0.1) is 12.8 Å². The normalized spacial score (nSPS) is 10.6. The van der Waals surface area contributed by atoms with Crippen LogP contribution in [-0.4, -0.2) is 35.1 Å². The zero-order valence-electron chi connectivity index (χ0n) is 11.5. The lowest BCUT2D eigenvalue weighted by Gasteiger charge is -2.22. The number of hydrogen-bond acceptors (Lipinski definition) is 3. The molecule has 0 aliphatic carbocycles. The summed E-state index contributed by atoms with van der Waals surface area (Å²) in [7, 11) is 0. The van der Waals surface area contributed by atoms with Crippen molar-refractivity contribution in [3.05, 3.63) is 34.9 Å². The Labute approximate surface area is 113 Å². The predicted octanol–water partition coefficient (Wildman–Crippen LogP) is 1.14. The van der Waals surface area contributed by atoms with Crippen molar-refractivity contribution in [2.24, 2.45) is 11.7 Å². The van der Waals surface area contributed by atoms with E-state index >= 15 is 0 Å². The van der Waals surface area contributed by atoms with Crippen molar-refractivity contribution in [1.82, 2.24) is 4.90 Å². The number of aliphatic hydroxyl groups excluding tert-OH is 1. The van der Waals surface area contributed by atoms with Gasteiger partial charge in [0.25, 0.3) is 5.91 Å². The van der Waals surface area contributed by atoms with Crippen LogP contribution in [0.25, 0.3) is 0 Å². The lowest BCUT2D eigenvalue weighted by molar-refractivity contribution is 0.0520.